The van der Waals surface area contributed by atoms with Crippen LogP contribution in [0.25, 0.3) is 44.9 Å². The largest absolute Gasteiger partial charge is 0.497 e. The third kappa shape index (κ3) is 7.00. The van der Waals surface area contributed by atoms with Gasteiger partial charge in [-0.3, -0.25) is 8.80 Å². The van der Waals surface area contributed by atoms with E-state index in [0.29, 0.717) is 45.5 Å². The maximum absolute atomic E-state index is 13.1. The molecule has 4 heterocycles. The number of rotatable bonds is 9. The van der Waals surface area contributed by atoms with E-state index >= 15 is 0 Å². The minimum atomic E-state index is -0.451. The SMILES string of the molecule is COc1ccc(NC(=O)Nc2ccc(-c3cc(-c4ccc(NC(=O)Nc5ccc(-c6cccc7nnc(N)n67)cc5)c(OC)c4)cc4nnc(N)n34)cc2)cc1. The number of carbonyl (C=O) groups excluding carboxylic acids is 2. The zero-order valence-electron chi connectivity index (χ0n) is 30.0. The molecule has 4 aromatic heterocycles. The molecule has 0 spiro atoms. The summed E-state index contributed by atoms with van der Waals surface area (Å²) in [6.45, 7) is 0. The van der Waals surface area contributed by atoms with Crippen molar-refractivity contribution in [3.8, 4) is 45.1 Å². The first-order valence-electron chi connectivity index (χ1n) is 17.2. The molecule has 8 N–H and O–H groups in total. The lowest BCUT2D eigenvalue weighted by Crippen LogP contribution is -2.19. The molecule has 0 aliphatic rings. The average molecular weight is 747 g/mol. The highest BCUT2D eigenvalue weighted by atomic mass is 16.5. The van der Waals surface area contributed by atoms with Gasteiger partial charge in [-0.25, -0.2) is 9.59 Å². The van der Waals surface area contributed by atoms with Gasteiger partial charge in [0.25, 0.3) is 0 Å². The van der Waals surface area contributed by atoms with Crippen molar-refractivity contribution >= 4 is 58.0 Å². The number of ether oxygens (including phenoxy) is 2. The van der Waals surface area contributed by atoms with Crippen LogP contribution >= 0.6 is 0 Å². The molecule has 16 nitrogen and oxygen atoms in total. The number of nitrogens with zero attached hydrogens (tertiary/aromatic N) is 6. The number of nitrogen functional groups attached to an aromatic ring is 2. The highest BCUT2D eigenvalue weighted by Crippen LogP contribution is 2.35. The first-order valence-corrected chi connectivity index (χ1v) is 17.2. The normalized spacial score (nSPS) is 11.0. The van der Waals surface area contributed by atoms with Gasteiger partial charge in [0.1, 0.15) is 11.5 Å². The van der Waals surface area contributed by atoms with Crippen molar-refractivity contribution in [2.45, 2.75) is 0 Å². The van der Waals surface area contributed by atoms with Gasteiger partial charge in [0.05, 0.1) is 31.3 Å². The molecule has 8 rings (SSSR count). The third-order valence-electron chi connectivity index (χ3n) is 8.99. The molecule has 0 fully saturated rings. The summed E-state index contributed by atoms with van der Waals surface area (Å²) in [6, 6.07) is 35.8. The summed E-state index contributed by atoms with van der Waals surface area (Å²) >= 11 is 0. The number of aromatic nitrogens is 6. The van der Waals surface area contributed by atoms with Crippen molar-refractivity contribution in [1.29, 1.82) is 0 Å². The van der Waals surface area contributed by atoms with E-state index in [1.54, 1.807) is 70.5 Å². The second-order valence-corrected chi connectivity index (χ2v) is 12.5. The summed E-state index contributed by atoms with van der Waals surface area (Å²) in [5.74, 6) is 1.64. The summed E-state index contributed by atoms with van der Waals surface area (Å²) in [5.41, 5.74) is 20.5. The summed E-state index contributed by atoms with van der Waals surface area (Å²) in [6.07, 6.45) is 0. The number of hydrogen-bond acceptors (Lipinski definition) is 10. The molecule has 0 aliphatic carbocycles. The quantitative estimate of drug-likeness (QED) is 0.0871. The highest BCUT2D eigenvalue weighted by molar-refractivity contribution is 6.01. The van der Waals surface area contributed by atoms with E-state index in [9.17, 15) is 9.59 Å². The van der Waals surface area contributed by atoms with Gasteiger partial charge >= 0.3 is 12.1 Å². The van der Waals surface area contributed by atoms with Gasteiger partial charge < -0.3 is 42.2 Å². The second-order valence-electron chi connectivity index (χ2n) is 12.5. The number of benzene rings is 4. The molecule has 0 aliphatic heterocycles. The first-order chi connectivity index (χ1) is 27.3. The van der Waals surface area contributed by atoms with Gasteiger partial charge in [-0.2, -0.15) is 0 Å². The Hall–Kier alpha value is -8.14. The van der Waals surface area contributed by atoms with E-state index in [0.717, 1.165) is 33.6 Å². The van der Waals surface area contributed by atoms with E-state index < -0.39 is 12.1 Å². The molecule has 0 radical (unpaired) electrons. The predicted molar refractivity (Wildman–Crippen MR) is 216 cm³/mol. The van der Waals surface area contributed by atoms with Crippen LogP contribution in [0.2, 0.25) is 0 Å². The Kier molecular flexibility index (Phi) is 9.17. The lowest BCUT2D eigenvalue weighted by atomic mass is 10.0. The average Bonchev–Trinajstić information content (AvgIpc) is 3.80. The van der Waals surface area contributed by atoms with Crippen molar-refractivity contribution in [1.82, 2.24) is 29.2 Å². The van der Waals surface area contributed by atoms with Gasteiger partial charge in [-0.05, 0) is 107 Å². The molecule has 278 valence electrons. The van der Waals surface area contributed by atoms with Crippen molar-refractivity contribution < 1.29 is 19.1 Å². The monoisotopic (exact) mass is 746 g/mol. The predicted octanol–water partition coefficient (Wildman–Crippen LogP) is 7.24. The molecule has 0 unspecified atom stereocenters. The molecule has 0 saturated carbocycles. The van der Waals surface area contributed by atoms with Crippen LogP contribution in [0.3, 0.4) is 0 Å². The van der Waals surface area contributed by atoms with E-state index in [1.807, 2.05) is 66.7 Å². The van der Waals surface area contributed by atoms with E-state index in [4.69, 9.17) is 20.9 Å². The highest BCUT2D eigenvalue weighted by Gasteiger charge is 2.16. The number of hydrogen-bond donors (Lipinski definition) is 6. The van der Waals surface area contributed by atoms with Crippen LogP contribution in [0.1, 0.15) is 0 Å². The number of nitrogens with two attached hydrogens (primary N) is 2. The zero-order valence-corrected chi connectivity index (χ0v) is 30.0. The van der Waals surface area contributed by atoms with Crippen molar-refractivity contribution in [2.24, 2.45) is 0 Å². The van der Waals surface area contributed by atoms with E-state index in [1.165, 1.54) is 7.11 Å². The Morgan fingerprint density at radius 1 is 0.518 bits per heavy atom. The summed E-state index contributed by atoms with van der Waals surface area (Å²) in [5, 5.41) is 27.8. The number of anilines is 6. The molecule has 8 aromatic rings. The van der Waals surface area contributed by atoms with Gasteiger partial charge in [0.15, 0.2) is 11.3 Å². The molecule has 56 heavy (non-hydrogen) atoms. The Bertz CT molecular complexity index is 2730. The number of amides is 4. The van der Waals surface area contributed by atoms with Crippen molar-refractivity contribution in [2.75, 3.05) is 47.0 Å². The fourth-order valence-corrected chi connectivity index (χ4v) is 6.29. The van der Waals surface area contributed by atoms with Crippen LogP contribution in [0.4, 0.5) is 44.2 Å². The third-order valence-corrected chi connectivity index (χ3v) is 8.99. The minimum absolute atomic E-state index is 0.220. The maximum Gasteiger partial charge on any atom is 0.323 e. The molecule has 16 heteroatoms. The summed E-state index contributed by atoms with van der Waals surface area (Å²) < 4.78 is 14.4. The molecule has 0 saturated heterocycles. The summed E-state index contributed by atoms with van der Waals surface area (Å²) in [4.78, 5) is 25.8. The van der Waals surface area contributed by atoms with Crippen LogP contribution in [-0.2, 0) is 0 Å². The van der Waals surface area contributed by atoms with Gasteiger partial charge in [0.2, 0.25) is 11.9 Å². The van der Waals surface area contributed by atoms with Crippen molar-refractivity contribution in [3.05, 3.63) is 121 Å². The molecular weight excluding hydrogens is 713 g/mol. The van der Waals surface area contributed by atoms with Crippen molar-refractivity contribution in [3.63, 3.8) is 0 Å². The molecule has 0 atom stereocenters. The molecule has 0 bridgehead atoms. The fraction of sp³-hybridized carbons (Fsp3) is 0.0500. The van der Waals surface area contributed by atoms with Gasteiger partial charge in [0, 0.05) is 17.1 Å². The Morgan fingerprint density at radius 3 is 1.66 bits per heavy atom. The first kappa shape index (κ1) is 34.9. The van der Waals surface area contributed by atoms with Gasteiger partial charge in [-0.1, -0.05) is 36.4 Å². The molecule has 4 aromatic carbocycles. The number of methoxy groups -OCH3 is 2. The number of fused-ring (bicyclic) bond motifs is 2. The minimum Gasteiger partial charge on any atom is -0.497 e. The maximum atomic E-state index is 13.1. The molecule has 4 amide bonds. The smallest absolute Gasteiger partial charge is 0.323 e. The Balaban J connectivity index is 0.979. The lowest BCUT2D eigenvalue weighted by Gasteiger charge is -2.15. The van der Waals surface area contributed by atoms with Gasteiger partial charge in [-0.15, -0.1) is 20.4 Å². The van der Waals surface area contributed by atoms with Crippen LogP contribution in [-0.4, -0.2) is 55.5 Å². The number of nitrogens with one attached hydrogen (secondary N) is 4. The second kappa shape index (κ2) is 14.7. The topological polar surface area (TPSA) is 213 Å². The standard InChI is InChI=1S/C40H34N12O4/c1-55-30-17-15-29(16-18-30)44-39(53)43-27-13-8-24(9-14-27)33-20-26(22-36-48-50-38(42)52(33)36)25-10-19-31(34(21-25)56-2)46-40(54)45-28-11-6-23(7-12-28)32-4-3-5-35-47-49-37(41)51(32)35/h3-22H,1-2H3,(H2,41,49)(H2,42,50)(H2,43,44,53)(H2,45,46,54). The number of pyridine rings is 2. The molecular formula is C40H34N12O4. The van der Waals surface area contributed by atoms with Crippen LogP contribution < -0.4 is 42.2 Å². The van der Waals surface area contributed by atoms with Crippen LogP contribution in [0.5, 0.6) is 11.5 Å². The van der Waals surface area contributed by atoms with E-state index in [-0.39, 0.29) is 11.9 Å². The zero-order chi connectivity index (χ0) is 38.8. The summed E-state index contributed by atoms with van der Waals surface area (Å²) in [7, 11) is 3.11. The van der Waals surface area contributed by atoms with Crippen LogP contribution in [0, 0.1) is 0 Å². The fourth-order valence-electron chi connectivity index (χ4n) is 6.29. The van der Waals surface area contributed by atoms with Crippen LogP contribution in [0.15, 0.2) is 121 Å². The van der Waals surface area contributed by atoms with E-state index in [2.05, 4.69) is 41.7 Å². The Morgan fingerprint density at radius 2 is 1.05 bits per heavy atom. The lowest BCUT2D eigenvalue weighted by molar-refractivity contribution is 0.261. The number of carbonyl (C=O) groups is 2. The number of urea groups is 2. The Labute approximate surface area is 319 Å².